The summed E-state index contributed by atoms with van der Waals surface area (Å²) in [6.07, 6.45) is -0.128. The summed E-state index contributed by atoms with van der Waals surface area (Å²) in [5.41, 5.74) is -0.760. The van der Waals surface area contributed by atoms with Crippen molar-refractivity contribution < 1.29 is 15.0 Å². The minimum Gasteiger partial charge on any atom is -0.465 e. The van der Waals surface area contributed by atoms with Crippen LogP contribution in [0.2, 0.25) is 0 Å². The fourth-order valence-corrected chi connectivity index (χ4v) is 1.51. The van der Waals surface area contributed by atoms with Crippen molar-refractivity contribution in [1.29, 1.82) is 0 Å². The maximum Gasteiger partial charge on any atom is 0.407 e. The van der Waals surface area contributed by atoms with E-state index in [0.29, 0.717) is 13.1 Å². The van der Waals surface area contributed by atoms with Crippen molar-refractivity contribution in [3.63, 3.8) is 0 Å². The maximum atomic E-state index is 10.5. The van der Waals surface area contributed by atoms with E-state index in [1.54, 1.807) is 13.8 Å². The van der Waals surface area contributed by atoms with E-state index in [1.165, 1.54) is 4.90 Å². The van der Waals surface area contributed by atoms with Crippen molar-refractivity contribution >= 4 is 6.09 Å². The second kappa shape index (κ2) is 2.94. The highest BCUT2D eigenvalue weighted by Crippen LogP contribution is 2.26. The molecule has 0 aromatic heterocycles. The van der Waals surface area contributed by atoms with Crippen molar-refractivity contribution in [2.75, 3.05) is 13.1 Å². The van der Waals surface area contributed by atoms with Crippen LogP contribution in [0.4, 0.5) is 4.79 Å². The number of hydrogen-bond acceptors (Lipinski definition) is 2. The zero-order valence-electron chi connectivity index (χ0n) is 7.45. The van der Waals surface area contributed by atoms with Gasteiger partial charge < -0.3 is 15.1 Å². The second-order valence-electron chi connectivity index (χ2n) is 3.87. The molecule has 1 fully saturated rings. The molecule has 1 rings (SSSR count). The van der Waals surface area contributed by atoms with Crippen LogP contribution in [0.5, 0.6) is 0 Å². The molecule has 1 amide bonds. The van der Waals surface area contributed by atoms with E-state index in [-0.39, 0.29) is 5.92 Å². The Balaban J connectivity index is 2.51. The number of amides is 1. The molecule has 1 saturated heterocycles. The van der Waals surface area contributed by atoms with E-state index in [2.05, 4.69) is 0 Å². The number of hydrogen-bond donors (Lipinski definition) is 2. The molecule has 2 N–H and O–H groups in total. The Hall–Kier alpha value is -0.770. The third-order valence-electron chi connectivity index (χ3n) is 2.46. The molecule has 1 atom stereocenters. The molecule has 1 unspecified atom stereocenters. The number of rotatable bonds is 1. The predicted molar refractivity (Wildman–Crippen MR) is 44.0 cm³/mol. The van der Waals surface area contributed by atoms with Gasteiger partial charge in [0.25, 0.3) is 0 Å². The summed E-state index contributed by atoms with van der Waals surface area (Å²) in [7, 11) is 0. The van der Waals surface area contributed by atoms with Crippen molar-refractivity contribution in [1.82, 2.24) is 4.90 Å². The van der Waals surface area contributed by atoms with Gasteiger partial charge in [-0.15, -0.1) is 0 Å². The third kappa shape index (κ3) is 1.88. The first kappa shape index (κ1) is 9.32. The molecule has 1 aliphatic heterocycles. The fourth-order valence-electron chi connectivity index (χ4n) is 1.51. The van der Waals surface area contributed by atoms with Crippen LogP contribution in [0.15, 0.2) is 0 Å². The lowest BCUT2D eigenvalue weighted by molar-refractivity contribution is 0.0216. The number of carbonyl (C=O) groups is 1. The van der Waals surface area contributed by atoms with Crippen molar-refractivity contribution in [2.24, 2.45) is 5.92 Å². The summed E-state index contributed by atoms with van der Waals surface area (Å²) in [5, 5.41) is 18.2. The molecule has 0 radical (unpaired) electrons. The summed E-state index contributed by atoms with van der Waals surface area (Å²) >= 11 is 0. The fraction of sp³-hybridized carbons (Fsp3) is 0.875. The van der Waals surface area contributed by atoms with Crippen LogP contribution in [0.25, 0.3) is 0 Å². The molecule has 4 nitrogen and oxygen atoms in total. The van der Waals surface area contributed by atoms with Crippen LogP contribution in [0, 0.1) is 5.92 Å². The molecule has 0 aliphatic carbocycles. The Kier molecular flexibility index (Phi) is 2.28. The molecule has 70 valence electrons. The lowest BCUT2D eigenvalue weighted by Crippen LogP contribution is -2.34. The van der Waals surface area contributed by atoms with Crippen molar-refractivity contribution in [3.8, 4) is 0 Å². The van der Waals surface area contributed by atoms with Crippen LogP contribution >= 0.6 is 0 Å². The molecule has 0 saturated carbocycles. The quantitative estimate of drug-likeness (QED) is 0.615. The smallest absolute Gasteiger partial charge is 0.407 e. The average Bonchev–Trinajstić information content (AvgIpc) is 2.30. The predicted octanol–water partition coefficient (Wildman–Crippen LogP) is 0.757. The molecule has 1 aliphatic rings. The lowest BCUT2D eigenvalue weighted by Gasteiger charge is -2.24. The Morgan fingerprint density at radius 2 is 2.17 bits per heavy atom. The number of likely N-dealkylation sites (tertiary alicyclic amines) is 1. The Labute approximate surface area is 71.8 Å². The zero-order chi connectivity index (χ0) is 9.35. The van der Waals surface area contributed by atoms with Gasteiger partial charge in [0.05, 0.1) is 5.60 Å². The summed E-state index contributed by atoms with van der Waals surface area (Å²) in [4.78, 5) is 11.9. The number of nitrogens with zero attached hydrogens (tertiary/aromatic N) is 1. The summed E-state index contributed by atoms with van der Waals surface area (Å²) in [5.74, 6) is 0.0774. The van der Waals surface area contributed by atoms with Gasteiger partial charge in [-0.1, -0.05) is 0 Å². The third-order valence-corrected chi connectivity index (χ3v) is 2.46. The van der Waals surface area contributed by atoms with Gasteiger partial charge in [0, 0.05) is 19.0 Å². The van der Waals surface area contributed by atoms with Crippen LogP contribution < -0.4 is 0 Å². The minimum atomic E-state index is -0.887. The standard InChI is InChI=1S/C8H15NO3/c1-8(2,12)6-3-4-9(5-6)7(10)11/h6,12H,3-5H2,1-2H3,(H,10,11). The van der Waals surface area contributed by atoms with E-state index in [1.807, 2.05) is 0 Å². The van der Waals surface area contributed by atoms with E-state index in [9.17, 15) is 9.90 Å². The van der Waals surface area contributed by atoms with Crippen LogP contribution in [0.3, 0.4) is 0 Å². The van der Waals surface area contributed by atoms with Gasteiger partial charge in [0.1, 0.15) is 0 Å². The molecule has 12 heavy (non-hydrogen) atoms. The van der Waals surface area contributed by atoms with Gasteiger partial charge in [-0.3, -0.25) is 0 Å². The van der Waals surface area contributed by atoms with E-state index < -0.39 is 11.7 Å². The molecule has 0 spiro atoms. The minimum absolute atomic E-state index is 0.0774. The molecule has 1 heterocycles. The first-order valence-corrected chi connectivity index (χ1v) is 4.11. The van der Waals surface area contributed by atoms with Crippen molar-refractivity contribution in [3.05, 3.63) is 0 Å². The van der Waals surface area contributed by atoms with Gasteiger partial charge >= 0.3 is 6.09 Å². The monoisotopic (exact) mass is 173 g/mol. The molecule has 0 aromatic carbocycles. The Morgan fingerprint density at radius 3 is 2.42 bits per heavy atom. The normalized spacial score (nSPS) is 24.6. The molecular weight excluding hydrogens is 158 g/mol. The van der Waals surface area contributed by atoms with E-state index >= 15 is 0 Å². The van der Waals surface area contributed by atoms with Crippen LogP contribution in [0.1, 0.15) is 20.3 Å². The van der Waals surface area contributed by atoms with E-state index in [0.717, 1.165) is 6.42 Å². The first-order valence-electron chi connectivity index (χ1n) is 4.11. The van der Waals surface area contributed by atoms with Gasteiger partial charge in [-0.25, -0.2) is 4.79 Å². The lowest BCUT2D eigenvalue weighted by atomic mass is 9.91. The number of aliphatic hydroxyl groups is 1. The summed E-state index contributed by atoms with van der Waals surface area (Å²) in [6.45, 7) is 4.45. The van der Waals surface area contributed by atoms with Crippen molar-refractivity contribution in [2.45, 2.75) is 25.9 Å². The highest BCUT2D eigenvalue weighted by Gasteiger charge is 2.35. The summed E-state index contributed by atoms with van der Waals surface area (Å²) < 4.78 is 0. The van der Waals surface area contributed by atoms with Gasteiger partial charge in [0.15, 0.2) is 0 Å². The van der Waals surface area contributed by atoms with E-state index in [4.69, 9.17) is 5.11 Å². The van der Waals surface area contributed by atoms with Gasteiger partial charge in [-0.05, 0) is 20.3 Å². The molecule has 0 aromatic rings. The molecule has 4 heteroatoms. The second-order valence-corrected chi connectivity index (χ2v) is 3.87. The Morgan fingerprint density at radius 1 is 1.58 bits per heavy atom. The molecular formula is C8H15NO3. The highest BCUT2D eigenvalue weighted by molar-refractivity contribution is 5.65. The van der Waals surface area contributed by atoms with Gasteiger partial charge in [0.2, 0.25) is 0 Å². The SMILES string of the molecule is CC(C)(O)C1CCN(C(=O)O)C1. The average molecular weight is 173 g/mol. The van der Waals surface area contributed by atoms with Gasteiger partial charge in [-0.2, -0.15) is 0 Å². The van der Waals surface area contributed by atoms with Crippen LogP contribution in [-0.2, 0) is 0 Å². The summed E-state index contributed by atoms with van der Waals surface area (Å²) in [6, 6.07) is 0. The molecule has 0 bridgehead atoms. The highest BCUT2D eigenvalue weighted by atomic mass is 16.4. The zero-order valence-corrected chi connectivity index (χ0v) is 7.45. The van der Waals surface area contributed by atoms with Crippen LogP contribution in [-0.4, -0.2) is 39.9 Å². The first-order chi connectivity index (χ1) is 5.41. The topological polar surface area (TPSA) is 60.8 Å². The Bertz CT molecular complexity index is 185. The largest absolute Gasteiger partial charge is 0.465 e. The maximum absolute atomic E-state index is 10.5. The number of carboxylic acid groups (broad SMARTS) is 1.